The molecule has 0 saturated heterocycles. The van der Waals surface area contributed by atoms with Crippen molar-refractivity contribution >= 4 is 39.8 Å². The van der Waals surface area contributed by atoms with Gasteiger partial charge in [-0.3, -0.25) is 0 Å². The molecule has 0 aliphatic carbocycles. The molecule has 4 nitrogen and oxygen atoms in total. The van der Waals surface area contributed by atoms with Gasteiger partial charge in [0.05, 0.1) is 6.61 Å². The fourth-order valence-electron chi connectivity index (χ4n) is 1.31. The number of hydrogen-bond acceptors (Lipinski definition) is 6. The summed E-state index contributed by atoms with van der Waals surface area (Å²) in [4.78, 5) is 2.82. The van der Waals surface area contributed by atoms with E-state index in [1.54, 1.807) is 6.07 Å². The first-order valence-electron chi connectivity index (χ1n) is 5.18. The first-order valence-corrected chi connectivity index (χ1v) is 7.20. The zero-order valence-corrected chi connectivity index (χ0v) is 12.3. The van der Waals surface area contributed by atoms with Crippen molar-refractivity contribution in [2.24, 2.45) is 0 Å². The summed E-state index contributed by atoms with van der Waals surface area (Å²) in [5.41, 5.74) is 0.728. The summed E-state index contributed by atoms with van der Waals surface area (Å²) < 4.78 is 0.829. The number of aliphatic hydroxyl groups is 1. The van der Waals surface area contributed by atoms with E-state index in [-0.39, 0.29) is 6.61 Å². The van der Waals surface area contributed by atoms with Gasteiger partial charge in [-0.25, -0.2) is 0 Å². The quantitative estimate of drug-likeness (QED) is 0.941. The molecule has 0 atom stereocenters. The molecule has 7 heteroatoms. The van der Waals surface area contributed by atoms with Crippen LogP contribution in [0.2, 0.25) is 5.02 Å². The molecule has 18 heavy (non-hydrogen) atoms. The molecule has 0 amide bonds. The van der Waals surface area contributed by atoms with Crippen molar-refractivity contribution in [3.63, 3.8) is 0 Å². The van der Waals surface area contributed by atoms with Crippen LogP contribution in [0.15, 0.2) is 27.4 Å². The number of anilines is 1. The number of aliphatic hydroxyl groups excluding tert-OH is 1. The molecule has 0 fully saturated rings. The molecule has 0 radical (unpaired) electrons. The van der Waals surface area contributed by atoms with Gasteiger partial charge >= 0.3 is 0 Å². The summed E-state index contributed by atoms with van der Waals surface area (Å²) in [6, 6.07) is 5.54. The number of aromatic nitrogens is 2. The minimum Gasteiger partial charge on any atom is -0.392 e. The van der Waals surface area contributed by atoms with Crippen LogP contribution in [-0.2, 0) is 6.61 Å². The Labute approximate surface area is 119 Å². The van der Waals surface area contributed by atoms with Crippen LogP contribution in [0.5, 0.6) is 0 Å². The SMILES string of the molecule is CN(C)c1nnc(Sc2cccc(Cl)c2CO)s1. The minimum absolute atomic E-state index is 0.0820. The van der Waals surface area contributed by atoms with Gasteiger partial charge in [-0.05, 0) is 12.1 Å². The molecule has 0 saturated carbocycles. The lowest BCUT2D eigenvalue weighted by atomic mass is 10.2. The van der Waals surface area contributed by atoms with Gasteiger partial charge in [0.2, 0.25) is 5.13 Å². The first-order chi connectivity index (χ1) is 8.61. The summed E-state index contributed by atoms with van der Waals surface area (Å²) in [5.74, 6) is 0. The number of benzene rings is 1. The van der Waals surface area contributed by atoms with Gasteiger partial charge in [0.25, 0.3) is 0 Å². The molecule has 1 heterocycles. The zero-order chi connectivity index (χ0) is 13.1. The molecular formula is C11H12ClN3OS2. The Bertz CT molecular complexity index is 545. The van der Waals surface area contributed by atoms with Crippen LogP contribution in [-0.4, -0.2) is 29.4 Å². The molecule has 1 aromatic carbocycles. The van der Waals surface area contributed by atoms with Gasteiger partial charge in [-0.2, -0.15) is 0 Å². The molecule has 0 aliphatic rings. The summed E-state index contributed by atoms with van der Waals surface area (Å²) in [7, 11) is 3.85. The van der Waals surface area contributed by atoms with Gasteiger partial charge in [0, 0.05) is 29.6 Å². The van der Waals surface area contributed by atoms with E-state index in [9.17, 15) is 5.11 Å². The third-order valence-electron chi connectivity index (χ3n) is 2.21. The lowest BCUT2D eigenvalue weighted by Crippen LogP contribution is -2.07. The average Bonchev–Trinajstić information content (AvgIpc) is 2.78. The maximum Gasteiger partial charge on any atom is 0.208 e. The zero-order valence-electron chi connectivity index (χ0n) is 9.92. The second-order valence-corrected chi connectivity index (χ2v) is 6.37. The fourth-order valence-corrected chi connectivity index (χ4v) is 3.47. The Hall–Kier alpha value is -0.820. The van der Waals surface area contributed by atoms with E-state index in [4.69, 9.17) is 11.6 Å². The molecule has 1 aromatic heterocycles. The van der Waals surface area contributed by atoms with Gasteiger partial charge < -0.3 is 10.0 Å². The normalized spacial score (nSPS) is 10.7. The van der Waals surface area contributed by atoms with E-state index in [2.05, 4.69) is 10.2 Å². The predicted molar refractivity (Wildman–Crippen MR) is 75.7 cm³/mol. The van der Waals surface area contributed by atoms with Crippen molar-refractivity contribution in [1.82, 2.24) is 10.2 Å². The monoisotopic (exact) mass is 301 g/mol. The number of hydrogen-bond donors (Lipinski definition) is 1. The highest BCUT2D eigenvalue weighted by atomic mass is 35.5. The molecule has 96 valence electrons. The Morgan fingerprint density at radius 1 is 1.39 bits per heavy atom. The number of rotatable bonds is 4. The van der Waals surface area contributed by atoms with Gasteiger partial charge in [-0.1, -0.05) is 40.8 Å². The highest BCUT2D eigenvalue weighted by molar-refractivity contribution is 8.01. The maximum atomic E-state index is 9.33. The molecule has 2 aromatic rings. The van der Waals surface area contributed by atoms with Crippen molar-refractivity contribution in [2.75, 3.05) is 19.0 Å². The summed E-state index contributed by atoms with van der Waals surface area (Å²) >= 11 is 9.01. The molecule has 0 spiro atoms. The summed E-state index contributed by atoms with van der Waals surface area (Å²) in [6.07, 6.45) is 0. The minimum atomic E-state index is -0.0820. The largest absolute Gasteiger partial charge is 0.392 e. The number of halogens is 1. The Kier molecular flexibility index (Phi) is 4.45. The Balaban J connectivity index is 2.25. The van der Waals surface area contributed by atoms with E-state index in [1.165, 1.54) is 23.1 Å². The van der Waals surface area contributed by atoms with E-state index in [0.717, 1.165) is 19.9 Å². The van der Waals surface area contributed by atoms with Crippen LogP contribution in [0, 0.1) is 0 Å². The third kappa shape index (κ3) is 2.95. The maximum absolute atomic E-state index is 9.33. The van der Waals surface area contributed by atoms with Crippen molar-refractivity contribution in [3.05, 3.63) is 28.8 Å². The average molecular weight is 302 g/mol. The van der Waals surface area contributed by atoms with Gasteiger partial charge in [-0.15, -0.1) is 10.2 Å². The lowest BCUT2D eigenvalue weighted by Gasteiger charge is -2.06. The second kappa shape index (κ2) is 5.88. The van der Waals surface area contributed by atoms with E-state index >= 15 is 0 Å². The van der Waals surface area contributed by atoms with E-state index in [0.29, 0.717) is 5.02 Å². The van der Waals surface area contributed by atoms with Crippen molar-refractivity contribution in [3.8, 4) is 0 Å². The van der Waals surface area contributed by atoms with E-state index < -0.39 is 0 Å². The van der Waals surface area contributed by atoms with Crippen LogP contribution in [0.3, 0.4) is 0 Å². The third-order valence-corrected chi connectivity index (χ3v) is 4.81. The van der Waals surface area contributed by atoms with Crippen LogP contribution >= 0.6 is 34.7 Å². The predicted octanol–water partition coefficient (Wildman–Crippen LogP) is 2.90. The van der Waals surface area contributed by atoms with Gasteiger partial charge in [0.1, 0.15) is 0 Å². The van der Waals surface area contributed by atoms with Crippen molar-refractivity contribution < 1.29 is 5.11 Å². The lowest BCUT2D eigenvalue weighted by molar-refractivity contribution is 0.279. The molecular weight excluding hydrogens is 290 g/mol. The molecule has 1 N–H and O–H groups in total. The van der Waals surface area contributed by atoms with Crippen molar-refractivity contribution in [2.45, 2.75) is 15.8 Å². The van der Waals surface area contributed by atoms with Crippen LogP contribution in [0.1, 0.15) is 5.56 Å². The Morgan fingerprint density at radius 3 is 2.78 bits per heavy atom. The van der Waals surface area contributed by atoms with Crippen LogP contribution in [0.4, 0.5) is 5.13 Å². The van der Waals surface area contributed by atoms with Crippen LogP contribution < -0.4 is 4.90 Å². The summed E-state index contributed by atoms with van der Waals surface area (Å²) in [5, 5.41) is 18.9. The highest BCUT2D eigenvalue weighted by Crippen LogP contribution is 2.36. The first kappa shape index (κ1) is 13.6. The topological polar surface area (TPSA) is 49.2 Å². The molecule has 0 unspecified atom stereocenters. The number of nitrogens with zero attached hydrogens (tertiary/aromatic N) is 3. The Morgan fingerprint density at radius 2 is 2.17 bits per heavy atom. The van der Waals surface area contributed by atoms with Crippen molar-refractivity contribution in [1.29, 1.82) is 0 Å². The molecule has 0 bridgehead atoms. The highest BCUT2D eigenvalue weighted by Gasteiger charge is 2.11. The fraction of sp³-hybridized carbons (Fsp3) is 0.273. The van der Waals surface area contributed by atoms with Crippen LogP contribution in [0.25, 0.3) is 0 Å². The molecule has 0 aliphatic heterocycles. The van der Waals surface area contributed by atoms with Gasteiger partial charge in [0.15, 0.2) is 4.34 Å². The second-order valence-electron chi connectivity index (χ2n) is 3.72. The van der Waals surface area contributed by atoms with E-state index in [1.807, 2.05) is 31.1 Å². The molecule has 2 rings (SSSR count). The standard InChI is InChI=1S/C11H12ClN3OS2/c1-15(2)10-13-14-11(18-10)17-9-5-3-4-8(12)7(9)6-16/h3-5,16H,6H2,1-2H3. The smallest absolute Gasteiger partial charge is 0.208 e. The summed E-state index contributed by atoms with van der Waals surface area (Å²) in [6.45, 7) is -0.0820.